The molecule has 5 rings (SSSR count). The summed E-state index contributed by atoms with van der Waals surface area (Å²) in [5.74, 6) is -1.81. The fraction of sp³-hybridized carbons (Fsp3) is 0.217. The van der Waals surface area contributed by atoms with Crippen LogP contribution >= 0.6 is 0 Å². The van der Waals surface area contributed by atoms with Crippen LogP contribution in [0, 0.1) is 0 Å². The number of benzene rings is 2. The predicted octanol–water partition coefficient (Wildman–Crippen LogP) is 2.50. The van der Waals surface area contributed by atoms with E-state index in [9.17, 15) is 19.2 Å². The molecule has 3 aromatic rings. The summed E-state index contributed by atoms with van der Waals surface area (Å²) in [6.07, 6.45) is 1.77. The van der Waals surface area contributed by atoms with E-state index in [1.54, 1.807) is 30.5 Å². The number of anilines is 1. The van der Waals surface area contributed by atoms with Crippen molar-refractivity contribution in [2.75, 3.05) is 18.6 Å². The van der Waals surface area contributed by atoms with Crippen LogP contribution in [0.1, 0.15) is 33.6 Å². The number of H-pyrrole nitrogens is 1. The lowest BCUT2D eigenvalue weighted by Crippen LogP contribution is -2.67. The minimum absolute atomic E-state index is 0.0947. The van der Waals surface area contributed by atoms with E-state index in [4.69, 9.17) is 4.74 Å². The Morgan fingerprint density at radius 3 is 2.68 bits per heavy atom. The number of aromatic amines is 1. The third kappa shape index (κ3) is 2.61. The molecule has 0 unspecified atom stereocenters. The van der Waals surface area contributed by atoms with Gasteiger partial charge in [0.2, 0.25) is 17.4 Å². The molecule has 1 N–H and O–H groups in total. The van der Waals surface area contributed by atoms with Crippen molar-refractivity contribution < 1.29 is 23.9 Å². The van der Waals surface area contributed by atoms with Crippen molar-refractivity contribution in [2.45, 2.75) is 18.5 Å². The number of ketones is 1. The van der Waals surface area contributed by atoms with Crippen molar-refractivity contribution in [3.8, 4) is 0 Å². The Labute approximate surface area is 177 Å². The van der Waals surface area contributed by atoms with Gasteiger partial charge in [0, 0.05) is 42.6 Å². The fourth-order valence-corrected chi connectivity index (χ4v) is 4.52. The zero-order valence-corrected chi connectivity index (χ0v) is 16.8. The Balaban J connectivity index is 1.45. The summed E-state index contributed by atoms with van der Waals surface area (Å²) >= 11 is 0. The lowest BCUT2D eigenvalue weighted by Gasteiger charge is -2.46. The standard InChI is InChI=1S/C23H19N3O5/c1-25-21(29)15-7-3-5-9-18(15)26-20(28)10-11-23(25,26)22(30)31-13-19(27)16-12-24-17-8-4-2-6-14(16)17/h2-9,12,24H,10-11,13H2,1H3/t23-/m0/s1. The Morgan fingerprint density at radius 2 is 1.84 bits per heavy atom. The minimum atomic E-state index is -1.59. The number of ether oxygens (including phenoxy) is 1. The van der Waals surface area contributed by atoms with Crippen LogP contribution in [0.25, 0.3) is 10.9 Å². The van der Waals surface area contributed by atoms with E-state index >= 15 is 0 Å². The van der Waals surface area contributed by atoms with E-state index in [-0.39, 0.29) is 30.4 Å². The van der Waals surface area contributed by atoms with Gasteiger partial charge in [-0.25, -0.2) is 4.79 Å². The molecule has 3 heterocycles. The van der Waals surface area contributed by atoms with Crippen LogP contribution in [-0.4, -0.2) is 52.8 Å². The van der Waals surface area contributed by atoms with Crippen LogP contribution < -0.4 is 4.90 Å². The molecule has 31 heavy (non-hydrogen) atoms. The first kappa shape index (κ1) is 19.0. The quantitative estimate of drug-likeness (QED) is 0.519. The van der Waals surface area contributed by atoms with Crippen molar-refractivity contribution in [3.05, 3.63) is 65.9 Å². The molecule has 0 bridgehead atoms. The summed E-state index contributed by atoms with van der Waals surface area (Å²) in [4.78, 5) is 57.3. The molecule has 0 spiro atoms. The smallest absolute Gasteiger partial charge is 0.354 e. The zero-order chi connectivity index (χ0) is 21.8. The molecule has 2 aliphatic heterocycles. The Morgan fingerprint density at radius 1 is 1.10 bits per heavy atom. The van der Waals surface area contributed by atoms with Gasteiger partial charge in [0.1, 0.15) is 0 Å². The van der Waals surface area contributed by atoms with E-state index in [0.29, 0.717) is 16.8 Å². The van der Waals surface area contributed by atoms with E-state index in [1.165, 1.54) is 16.8 Å². The van der Waals surface area contributed by atoms with Crippen molar-refractivity contribution >= 4 is 40.2 Å². The van der Waals surface area contributed by atoms with Gasteiger partial charge in [-0.3, -0.25) is 19.3 Å². The van der Waals surface area contributed by atoms with E-state index in [0.717, 1.165) is 10.9 Å². The van der Waals surface area contributed by atoms with Crippen LogP contribution in [0.2, 0.25) is 0 Å². The molecular formula is C23H19N3O5. The highest BCUT2D eigenvalue weighted by Crippen LogP contribution is 2.44. The predicted molar refractivity (Wildman–Crippen MR) is 112 cm³/mol. The summed E-state index contributed by atoms with van der Waals surface area (Å²) in [5.41, 5.74) is 0.353. The van der Waals surface area contributed by atoms with Gasteiger partial charge in [-0.2, -0.15) is 0 Å². The number of amides is 2. The summed E-state index contributed by atoms with van der Waals surface area (Å²) in [7, 11) is 1.48. The molecule has 1 fully saturated rings. The van der Waals surface area contributed by atoms with Crippen LogP contribution in [0.4, 0.5) is 5.69 Å². The maximum atomic E-state index is 13.3. The second kappa shape index (κ2) is 6.80. The molecule has 0 saturated carbocycles. The van der Waals surface area contributed by atoms with Crippen molar-refractivity contribution in [1.82, 2.24) is 9.88 Å². The maximum Gasteiger partial charge on any atom is 0.354 e. The molecule has 1 saturated heterocycles. The number of carbonyl (C=O) groups excluding carboxylic acids is 4. The highest BCUT2D eigenvalue weighted by molar-refractivity contribution is 6.16. The van der Waals surface area contributed by atoms with Gasteiger partial charge in [0.05, 0.1) is 11.3 Å². The number of rotatable bonds is 4. The van der Waals surface area contributed by atoms with E-state index in [2.05, 4.69) is 4.98 Å². The molecule has 8 heteroatoms. The molecule has 8 nitrogen and oxygen atoms in total. The summed E-state index contributed by atoms with van der Waals surface area (Å²) in [6.45, 7) is -0.492. The summed E-state index contributed by atoms with van der Waals surface area (Å²) < 4.78 is 5.41. The molecular weight excluding hydrogens is 398 g/mol. The highest BCUT2D eigenvalue weighted by atomic mass is 16.5. The second-order valence-corrected chi connectivity index (χ2v) is 7.67. The molecule has 2 aromatic carbocycles. The number of hydrogen-bond donors (Lipinski definition) is 1. The van der Waals surface area contributed by atoms with Gasteiger partial charge in [-0.1, -0.05) is 30.3 Å². The number of esters is 1. The second-order valence-electron chi connectivity index (χ2n) is 7.67. The van der Waals surface area contributed by atoms with Crippen LogP contribution in [0.3, 0.4) is 0 Å². The largest absolute Gasteiger partial charge is 0.454 e. The molecule has 0 aliphatic carbocycles. The van der Waals surface area contributed by atoms with Crippen LogP contribution in [-0.2, 0) is 14.3 Å². The number of carbonyl (C=O) groups is 4. The molecule has 1 aromatic heterocycles. The minimum Gasteiger partial charge on any atom is -0.454 e. The van der Waals surface area contributed by atoms with Gasteiger partial charge >= 0.3 is 5.97 Å². The third-order valence-electron chi connectivity index (χ3n) is 6.09. The van der Waals surface area contributed by atoms with Gasteiger partial charge in [-0.15, -0.1) is 0 Å². The topological polar surface area (TPSA) is 99.8 Å². The highest BCUT2D eigenvalue weighted by Gasteiger charge is 2.60. The van der Waals surface area contributed by atoms with Gasteiger partial charge in [-0.05, 0) is 18.2 Å². The lowest BCUT2D eigenvalue weighted by atomic mass is 9.97. The van der Waals surface area contributed by atoms with E-state index in [1.807, 2.05) is 24.3 Å². The zero-order valence-electron chi connectivity index (χ0n) is 16.8. The Bertz CT molecular complexity index is 1260. The number of fused-ring (bicyclic) bond motifs is 4. The average Bonchev–Trinajstić information content (AvgIpc) is 3.38. The maximum absolute atomic E-state index is 13.3. The summed E-state index contributed by atoms with van der Waals surface area (Å²) in [5, 5.41) is 0.735. The lowest BCUT2D eigenvalue weighted by molar-refractivity contribution is -0.155. The number of Topliss-reactive ketones (excluding diaryl/α,β-unsaturated/α-hetero) is 1. The van der Waals surface area contributed by atoms with Gasteiger partial charge < -0.3 is 14.6 Å². The van der Waals surface area contributed by atoms with Gasteiger partial charge in [0.25, 0.3) is 5.91 Å². The number of para-hydroxylation sites is 2. The number of likely N-dealkylation sites (N-methyl/N-ethyl adjacent to an activating group) is 1. The fourth-order valence-electron chi connectivity index (χ4n) is 4.52. The van der Waals surface area contributed by atoms with Crippen LogP contribution in [0.15, 0.2) is 54.7 Å². The average molecular weight is 417 g/mol. The normalized spacial score (nSPS) is 20.0. The molecule has 1 atom stereocenters. The molecule has 156 valence electrons. The first-order valence-electron chi connectivity index (χ1n) is 9.92. The Hall–Kier alpha value is -3.94. The van der Waals surface area contributed by atoms with E-state index < -0.39 is 18.2 Å². The van der Waals surface area contributed by atoms with Crippen molar-refractivity contribution in [2.24, 2.45) is 0 Å². The monoisotopic (exact) mass is 417 g/mol. The first-order valence-corrected chi connectivity index (χ1v) is 9.92. The molecule has 0 radical (unpaired) electrons. The first-order chi connectivity index (χ1) is 14.9. The SMILES string of the molecule is CN1C(=O)c2ccccc2N2C(=O)CC[C@]12C(=O)OCC(=O)c1c[nH]c2ccccc12. The Kier molecular flexibility index (Phi) is 4.18. The van der Waals surface area contributed by atoms with Gasteiger partial charge in [0.15, 0.2) is 6.61 Å². The van der Waals surface area contributed by atoms with Crippen molar-refractivity contribution in [1.29, 1.82) is 0 Å². The number of aromatic nitrogens is 1. The van der Waals surface area contributed by atoms with Crippen molar-refractivity contribution in [3.63, 3.8) is 0 Å². The molecule has 2 aliphatic rings. The number of hydrogen-bond acceptors (Lipinski definition) is 5. The third-order valence-corrected chi connectivity index (χ3v) is 6.09. The molecule has 2 amide bonds. The van der Waals surface area contributed by atoms with Crippen LogP contribution in [0.5, 0.6) is 0 Å². The number of nitrogens with one attached hydrogen (secondary N) is 1. The summed E-state index contributed by atoms with van der Waals surface area (Å²) in [6, 6.07) is 14.0. The number of nitrogens with zero attached hydrogens (tertiary/aromatic N) is 2.